The number of carbonyl (C=O) groups excluding carboxylic acids is 1. The second-order valence-electron chi connectivity index (χ2n) is 9.36. The molecule has 0 bridgehead atoms. The van der Waals surface area contributed by atoms with Crippen molar-refractivity contribution in [3.63, 3.8) is 0 Å². The zero-order valence-electron chi connectivity index (χ0n) is 21.1. The number of nitrogens with one attached hydrogen (secondary N) is 1. The molecule has 2 aromatic heterocycles. The summed E-state index contributed by atoms with van der Waals surface area (Å²) in [6.45, 7) is 6.05. The Kier molecular flexibility index (Phi) is 7.84. The van der Waals surface area contributed by atoms with Crippen molar-refractivity contribution < 1.29 is 33.0 Å². The van der Waals surface area contributed by atoms with Crippen molar-refractivity contribution in [1.82, 2.24) is 24.6 Å². The molecule has 0 saturated heterocycles. The Morgan fingerprint density at radius 1 is 1.32 bits per heavy atom. The van der Waals surface area contributed by atoms with Gasteiger partial charge in [0.25, 0.3) is 0 Å². The number of benzene rings is 1. The molecule has 3 heterocycles. The number of aromatic nitrogens is 4. The van der Waals surface area contributed by atoms with E-state index in [1.165, 1.54) is 17.8 Å². The van der Waals surface area contributed by atoms with Crippen molar-refractivity contribution in [3.8, 4) is 5.75 Å². The van der Waals surface area contributed by atoms with Gasteiger partial charge in [0.1, 0.15) is 35.8 Å². The maximum Gasteiger partial charge on any atom is 0.513 e. The fraction of sp³-hybridized carbons (Fsp3) is 0.391. The van der Waals surface area contributed by atoms with Crippen LogP contribution in [0, 0.1) is 0 Å². The second kappa shape index (κ2) is 10.8. The zero-order chi connectivity index (χ0) is 27.7. The van der Waals surface area contributed by atoms with E-state index in [4.69, 9.17) is 35.9 Å². The summed E-state index contributed by atoms with van der Waals surface area (Å²) in [4.78, 5) is 24.8. The van der Waals surface area contributed by atoms with Crippen LogP contribution in [0.15, 0.2) is 48.2 Å². The number of esters is 1. The smallest absolute Gasteiger partial charge is 0.468 e. The van der Waals surface area contributed by atoms with Gasteiger partial charge in [0.15, 0.2) is 29.2 Å². The highest BCUT2D eigenvalue weighted by Crippen LogP contribution is 2.50. The van der Waals surface area contributed by atoms with Gasteiger partial charge in [-0.1, -0.05) is 18.2 Å². The van der Waals surface area contributed by atoms with Gasteiger partial charge in [0, 0.05) is 0 Å². The predicted molar refractivity (Wildman–Crippen MR) is 138 cm³/mol. The minimum Gasteiger partial charge on any atom is -0.468 e. The number of imidazole rings is 1. The number of anilines is 1. The molecule has 3 atom stereocenters. The number of carbonyl (C=O) groups is 1. The normalized spacial score (nSPS) is 18.1. The van der Waals surface area contributed by atoms with E-state index in [1.54, 1.807) is 51.1 Å². The zero-order valence-corrected chi connectivity index (χ0v) is 22.8. The molecule has 1 aliphatic rings. The Balaban J connectivity index is 1.60. The molecule has 1 unspecified atom stereocenters. The molecular weight excluding hydrogens is 539 g/mol. The first-order chi connectivity index (χ1) is 17.9. The van der Waals surface area contributed by atoms with Crippen LogP contribution in [-0.2, 0) is 23.4 Å². The first-order valence-corrected chi connectivity index (χ1v) is 13.5. The first-order valence-electron chi connectivity index (χ1n) is 11.6. The summed E-state index contributed by atoms with van der Waals surface area (Å²) in [6.07, 6.45) is 0.640. The lowest BCUT2D eigenvalue weighted by molar-refractivity contribution is -0.156. The molecule has 4 rings (SSSR count). The topological polar surface area (TPSA) is 173 Å². The molecule has 0 amide bonds. The van der Waals surface area contributed by atoms with E-state index in [2.05, 4.69) is 20.0 Å². The molecule has 0 aliphatic carbocycles. The highest BCUT2D eigenvalue weighted by atomic mass is 35.5. The van der Waals surface area contributed by atoms with Gasteiger partial charge in [-0.3, -0.25) is 9.36 Å². The Bertz CT molecular complexity index is 1410. The maximum absolute atomic E-state index is 14.0. The summed E-state index contributed by atoms with van der Waals surface area (Å²) in [5, 5.41) is 12.5. The van der Waals surface area contributed by atoms with Crippen molar-refractivity contribution >= 4 is 42.3 Å². The molecule has 15 heteroatoms. The summed E-state index contributed by atoms with van der Waals surface area (Å²) in [7, 11) is -4.27. The number of hydrogen-bond donors (Lipinski definition) is 3. The van der Waals surface area contributed by atoms with E-state index in [-0.39, 0.29) is 34.8 Å². The van der Waals surface area contributed by atoms with Crippen LogP contribution < -0.4 is 15.3 Å². The number of nitrogens with zero attached hydrogens (tertiary/aromatic N) is 4. The largest absolute Gasteiger partial charge is 0.513 e. The van der Waals surface area contributed by atoms with Crippen LogP contribution in [-0.4, -0.2) is 48.8 Å². The summed E-state index contributed by atoms with van der Waals surface area (Å²) >= 11 is 5.96. The fourth-order valence-electron chi connectivity index (χ4n) is 3.55. The van der Waals surface area contributed by atoms with Gasteiger partial charge >= 0.3 is 13.7 Å². The molecule has 13 nitrogen and oxygen atoms in total. The molecule has 4 N–H and O–H groups in total. The summed E-state index contributed by atoms with van der Waals surface area (Å²) < 4.78 is 38.3. The third-order valence-electron chi connectivity index (χ3n) is 5.14. The predicted octanol–water partition coefficient (Wildman–Crippen LogP) is 3.71. The van der Waals surface area contributed by atoms with Gasteiger partial charge < -0.3 is 29.4 Å². The van der Waals surface area contributed by atoms with Crippen molar-refractivity contribution in [2.75, 3.05) is 12.3 Å². The number of hydrogen-bond acceptors (Lipinski definition) is 11. The molecule has 0 fully saturated rings. The standard InChI is InChI=1S/C23H28ClN6O7P/c1-13(21(32)35-23(2,3)4)29-38(33,36-14-8-6-5-7-9-14)37-15-10-17(34-16(15)11-31)30-12-26-18-19(25)27-22(24)28-20(18)30/h5-9,12-13,17,31H,10-11H2,1-4H3,(H,29,33)(H2,25,27,28)/t13-,17+,38?/m0/s1. The number of ether oxygens (including phenoxy) is 2. The lowest BCUT2D eigenvalue weighted by atomic mass is 10.2. The Morgan fingerprint density at radius 2 is 2.03 bits per heavy atom. The number of fused-ring (bicyclic) bond motifs is 1. The molecule has 0 radical (unpaired) electrons. The van der Waals surface area contributed by atoms with Crippen LogP contribution in [0.25, 0.3) is 11.2 Å². The van der Waals surface area contributed by atoms with E-state index in [0.29, 0.717) is 11.2 Å². The van der Waals surface area contributed by atoms with Crippen LogP contribution in [0.4, 0.5) is 5.82 Å². The van der Waals surface area contributed by atoms with Gasteiger partial charge in [0.05, 0.1) is 6.42 Å². The Morgan fingerprint density at radius 3 is 2.68 bits per heavy atom. The molecular formula is C23H28ClN6O7P. The quantitative estimate of drug-likeness (QED) is 0.195. The molecule has 1 aromatic carbocycles. The SMILES string of the molecule is C[C@H](NP(=O)(OC1=C(CO)O[C@@H](n2cnc3c(N)nc(Cl)nc32)C1)Oc1ccccc1)C(=O)OC(C)(C)C. The lowest BCUT2D eigenvalue weighted by Gasteiger charge is -2.26. The van der Waals surface area contributed by atoms with Crippen LogP contribution in [0.3, 0.4) is 0 Å². The Hall–Kier alpha value is -3.38. The van der Waals surface area contributed by atoms with Crippen molar-refractivity contribution in [2.45, 2.75) is 52.0 Å². The average Bonchev–Trinajstić information content (AvgIpc) is 3.42. The van der Waals surface area contributed by atoms with E-state index in [0.717, 1.165) is 0 Å². The fourth-order valence-corrected chi connectivity index (χ4v) is 5.31. The summed E-state index contributed by atoms with van der Waals surface area (Å²) in [5.74, 6) is -0.299. The number of rotatable bonds is 9. The average molecular weight is 567 g/mol. The van der Waals surface area contributed by atoms with E-state index < -0.39 is 38.2 Å². The maximum atomic E-state index is 14.0. The first kappa shape index (κ1) is 27.6. The third kappa shape index (κ3) is 6.36. The number of nitrogen functional groups attached to an aromatic ring is 1. The van der Waals surface area contributed by atoms with Crippen molar-refractivity contribution in [1.29, 1.82) is 0 Å². The highest BCUT2D eigenvalue weighted by Gasteiger charge is 2.39. The minimum absolute atomic E-state index is 0.00746. The molecule has 3 aromatic rings. The highest BCUT2D eigenvalue weighted by molar-refractivity contribution is 7.52. The third-order valence-corrected chi connectivity index (χ3v) is 6.92. The molecule has 38 heavy (non-hydrogen) atoms. The number of aliphatic hydroxyl groups excluding tert-OH is 1. The number of para-hydroxylation sites is 1. The van der Waals surface area contributed by atoms with Crippen LogP contribution >= 0.6 is 19.3 Å². The van der Waals surface area contributed by atoms with Crippen LogP contribution in [0.2, 0.25) is 5.28 Å². The van der Waals surface area contributed by atoms with Gasteiger partial charge in [-0.05, 0) is 51.4 Å². The Labute approximate surface area is 223 Å². The van der Waals surface area contributed by atoms with Gasteiger partial charge in [-0.25, -0.2) is 9.55 Å². The van der Waals surface area contributed by atoms with E-state index in [9.17, 15) is 14.5 Å². The number of nitrogens with two attached hydrogens (primary N) is 1. The monoisotopic (exact) mass is 566 g/mol. The molecule has 204 valence electrons. The van der Waals surface area contributed by atoms with E-state index >= 15 is 0 Å². The van der Waals surface area contributed by atoms with E-state index in [1.807, 2.05) is 0 Å². The number of aliphatic hydroxyl groups is 1. The van der Waals surface area contributed by atoms with Gasteiger partial charge in [-0.15, -0.1) is 0 Å². The molecule has 0 saturated carbocycles. The molecule has 1 aliphatic heterocycles. The van der Waals surface area contributed by atoms with Crippen LogP contribution in [0.1, 0.15) is 40.3 Å². The summed E-state index contributed by atoms with van der Waals surface area (Å²) in [6, 6.07) is 7.22. The van der Waals surface area contributed by atoms with Gasteiger partial charge in [-0.2, -0.15) is 15.1 Å². The summed E-state index contributed by atoms with van der Waals surface area (Å²) in [5.41, 5.74) is 5.73. The minimum atomic E-state index is -4.27. The van der Waals surface area contributed by atoms with Crippen LogP contribution in [0.5, 0.6) is 5.75 Å². The molecule has 0 spiro atoms. The number of halogens is 1. The van der Waals surface area contributed by atoms with Gasteiger partial charge in [0.2, 0.25) is 5.28 Å². The second-order valence-corrected chi connectivity index (χ2v) is 11.3. The lowest BCUT2D eigenvalue weighted by Crippen LogP contribution is -2.38. The van der Waals surface area contributed by atoms with Crippen molar-refractivity contribution in [2.24, 2.45) is 0 Å². The van der Waals surface area contributed by atoms with Crippen molar-refractivity contribution in [3.05, 3.63) is 53.5 Å².